The van der Waals surface area contributed by atoms with E-state index in [1.165, 1.54) is 11.8 Å². The van der Waals surface area contributed by atoms with Crippen LogP contribution in [-0.4, -0.2) is 24.1 Å². The highest BCUT2D eigenvalue weighted by Crippen LogP contribution is 2.48. The molecule has 1 atom stereocenters. The Balaban J connectivity index is 1.51. The quantitative estimate of drug-likeness (QED) is 0.373. The van der Waals surface area contributed by atoms with Gasteiger partial charge in [0.05, 0.1) is 34.9 Å². The molecule has 4 rings (SSSR count). The topological polar surface area (TPSA) is 91.2 Å². The number of amides is 1. The number of dihydropyridines is 1. The van der Waals surface area contributed by atoms with Crippen molar-refractivity contribution in [2.75, 3.05) is 17.7 Å². The molecule has 1 aliphatic carbocycles. The highest BCUT2D eigenvalue weighted by molar-refractivity contribution is 8.03. The molecule has 0 unspecified atom stereocenters. The lowest BCUT2D eigenvalue weighted by atomic mass is 9.70. The second-order valence-corrected chi connectivity index (χ2v) is 11.8. The van der Waals surface area contributed by atoms with Crippen molar-refractivity contribution in [3.05, 3.63) is 68.5 Å². The molecular weight excluding hydrogens is 490 g/mol. The molecule has 1 aromatic heterocycles. The molecule has 2 N–H and O–H groups in total. The fraction of sp³-hybridized carbons (Fsp3) is 0.393. The zero-order chi connectivity index (χ0) is 25.7. The predicted molar refractivity (Wildman–Crippen MR) is 146 cm³/mol. The summed E-state index contributed by atoms with van der Waals surface area (Å²) in [6.07, 6.45) is 3.21. The Labute approximate surface area is 220 Å². The molecule has 0 fully saturated rings. The van der Waals surface area contributed by atoms with Gasteiger partial charge in [-0.25, -0.2) is 0 Å². The summed E-state index contributed by atoms with van der Waals surface area (Å²) < 4.78 is 5.73. The molecule has 2 aliphatic rings. The molecule has 6 nitrogen and oxygen atoms in total. The largest absolute Gasteiger partial charge is 0.494 e. The fourth-order valence-corrected chi connectivity index (χ4v) is 6.27. The number of ether oxygens (including phenoxy) is 1. The lowest BCUT2D eigenvalue weighted by molar-refractivity contribution is -0.118. The number of benzene rings is 1. The SMILES string of the molecule is CCCCOc1cccc(NC(=O)CSC2=C(C#N)[C@H](c3cccs3)C3=C(CC(C)(C)CC3=O)N2)c1. The standard InChI is InChI=1S/C28H31N3O3S2/c1-4-5-11-34-19-9-6-8-18(13-19)30-24(33)17-36-27-20(16-29)25(23-10-7-12-35-23)26-21(31-27)14-28(2,3)15-22(26)32/h6-10,12-13,25,31H,4-5,11,14-15,17H2,1-3H3,(H,30,33)/t25-/m1/s1. The van der Waals surface area contributed by atoms with E-state index in [1.54, 1.807) is 11.3 Å². The number of Topliss-reactive ketones (excluding diaryl/α,β-unsaturated/α-hetero) is 1. The van der Waals surface area contributed by atoms with Gasteiger partial charge in [0.25, 0.3) is 0 Å². The fourth-order valence-electron chi connectivity index (χ4n) is 4.56. The minimum atomic E-state index is -0.391. The lowest BCUT2D eigenvalue weighted by Gasteiger charge is -2.38. The number of thiophene rings is 1. The summed E-state index contributed by atoms with van der Waals surface area (Å²) in [5.41, 5.74) is 2.57. The molecule has 2 aromatic rings. The zero-order valence-electron chi connectivity index (χ0n) is 20.8. The van der Waals surface area contributed by atoms with Crippen LogP contribution in [-0.2, 0) is 9.59 Å². The van der Waals surface area contributed by atoms with E-state index in [-0.39, 0.29) is 22.9 Å². The number of nitriles is 1. The number of hydrogen-bond acceptors (Lipinski definition) is 7. The number of nitrogens with one attached hydrogen (secondary N) is 2. The normalized spacial score (nSPS) is 18.8. The van der Waals surface area contributed by atoms with E-state index in [1.807, 2.05) is 41.8 Å². The van der Waals surface area contributed by atoms with Crippen molar-refractivity contribution < 1.29 is 14.3 Å². The molecule has 188 valence electrons. The van der Waals surface area contributed by atoms with Crippen LogP contribution in [0.4, 0.5) is 5.69 Å². The molecule has 8 heteroatoms. The number of allylic oxidation sites excluding steroid dienone is 3. The van der Waals surface area contributed by atoms with Gasteiger partial charge in [-0.1, -0.05) is 51.1 Å². The molecule has 36 heavy (non-hydrogen) atoms. The number of carbonyl (C=O) groups is 2. The van der Waals surface area contributed by atoms with Crippen molar-refractivity contribution in [1.82, 2.24) is 5.32 Å². The van der Waals surface area contributed by atoms with Crippen molar-refractivity contribution in [3.63, 3.8) is 0 Å². The maximum absolute atomic E-state index is 13.2. The maximum atomic E-state index is 13.2. The minimum absolute atomic E-state index is 0.0859. The van der Waals surface area contributed by atoms with Gasteiger partial charge >= 0.3 is 0 Å². The molecule has 1 amide bonds. The van der Waals surface area contributed by atoms with Crippen molar-refractivity contribution in [1.29, 1.82) is 5.26 Å². The summed E-state index contributed by atoms with van der Waals surface area (Å²) in [5, 5.41) is 19.0. The molecule has 0 bridgehead atoms. The van der Waals surface area contributed by atoms with Crippen molar-refractivity contribution in [2.45, 2.75) is 52.4 Å². The van der Waals surface area contributed by atoms with E-state index in [0.717, 1.165) is 35.6 Å². The number of ketones is 1. The van der Waals surface area contributed by atoms with Crippen LogP contribution in [0.1, 0.15) is 57.2 Å². The van der Waals surface area contributed by atoms with E-state index in [4.69, 9.17) is 4.74 Å². The van der Waals surface area contributed by atoms with Gasteiger partial charge in [0, 0.05) is 34.3 Å². The molecule has 1 aromatic carbocycles. The van der Waals surface area contributed by atoms with Crippen LogP contribution in [0.15, 0.2) is 63.7 Å². The summed E-state index contributed by atoms with van der Waals surface area (Å²) in [4.78, 5) is 27.0. The molecule has 0 radical (unpaired) electrons. The minimum Gasteiger partial charge on any atom is -0.494 e. The van der Waals surface area contributed by atoms with Crippen LogP contribution in [0.2, 0.25) is 0 Å². The van der Waals surface area contributed by atoms with E-state index >= 15 is 0 Å². The number of thioether (sulfide) groups is 1. The van der Waals surface area contributed by atoms with E-state index in [2.05, 4.69) is 37.5 Å². The number of anilines is 1. The van der Waals surface area contributed by atoms with Crippen molar-refractivity contribution >= 4 is 40.5 Å². The average molecular weight is 522 g/mol. The van der Waals surface area contributed by atoms with Crippen LogP contribution in [0.3, 0.4) is 0 Å². The second kappa shape index (κ2) is 11.4. The van der Waals surface area contributed by atoms with Gasteiger partial charge in [0.2, 0.25) is 5.91 Å². The summed E-state index contributed by atoms with van der Waals surface area (Å²) in [6.45, 7) is 6.92. The smallest absolute Gasteiger partial charge is 0.234 e. The highest BCUT2D eigenvalue weighted by atomic mass is 32.2. The van der Waals surface area contributed by atoms with Gasteiger partial charge in [0.15, 0.2) is 5.78 Å². The van der Waals surface area contributed by atoms with Gasteiger partial charge in [-0.15, -0.1) is 11.3 Å². The first-order valence-electron chi connectivity index (χ1n) is 12.2. The second-order valence-electron chi connectivity index (χ2n) is 9.83. The third-order valence-electron chi connectivity index (χ3n) is 6.19. The van der Waals surface area contributed by atoms with E-state index in [0.29, 0.717) is 34.9 Å². The average Bonchev–Trinajstić information content (AvgIpc) is 3.36. The van der Waals surface area contributed by atoms with E-state index < -0.39 is 5.92 Å². The monoisotopic (exact) mass is 521 g/mol. The first-order valence-corrected chi connectivity index (χ1v) is 14.0. The Morgan fingerprint density at radius 2 is 2.14 bits per heavy atom. The molecule has 1 aliphatic heterocycles. The molecule has 0 saturated heterocycles. The van der Waals surface area contributed by atoms with Crippen LogP contribution in [0.25, 0.3) is 0 Å². The van der Waals surface area contributed by atoms with Crippen LogP contribution >= 0.6 is 23.1 Å². The molecule has 0 spiro atoms. The Hall–Kier alpha value is -3.02. The Morgan fingerprint density at radius 3 is 2.86 bits per heavy atom. The highest BCUT2D eigenvalue weighted by Gasteiger charge is 2.42. The van der Waals surface area contributed by atoms with E-state index in [9.17, 15) is 14.9 Å². The Bertz CT molecular complexity index is 1240. The number of nitrogens with zero attached hydrogens (tertiary/aromatic N) is 1. The Morgan fingerprint density at radius 1 is 1.31 bits per heavy atom. The molecule has 0 saturated carbocycles. The molecule has 2 heterocycles. The third kappa shape index (κ3) is 6.03. The van der Waals surface area contributed by atoms with Crippen LogP contribution in [0, 0.1) is 16.7 Å². The third-order valence-corrected chi connectivity index (χ3v) is 8.14. The summed E-state index contributed by atoms with van der Waals surface area (Å²) in [7, 11) is 0. The van der Waals surface area contributed by atoms with Gasteiger partial charge in [-0.2, -0.15) is 5.26 Å². The summed E-state index contributed by atoms with van der Waals surface area (Å²) in [5.74, 6) is 0.371. The maximum Gasteiger partial charge on any atom is 0.234 e. The number of hydrogen-bond donors (Lipinski definition) is 2. The number of carbonyl (C=O) groups excluding carboxylic acids is 2. The van der Waals surface area contributed by atoms with Gasteiger partial charge in [-0.3, -0.25) is 9.59 Å². The molecular formula is C28H31N3O3S2. The van der Waals surface area contributed by atoms with Crippen LogP contribution in [0.5, 0.6) is 5.75 Å². The summed E-state index contributed by atoms with van der Waals surface area (Å²) in [6, 6.07) is 13.6. The first kappa shape index (κ1) is 26.1. The van der Waals surface area contributed by atoms with Gasteiger partial charge in [-0.05, 0) is 41.8 Å². The zero-order valence-corrected chi connectivity index (χ0v) is 22.5. The van der Waals surface area contributed by atoms with Crippen molar-refractivity contribution in [2.24, 2.45) is 5.41 Å². The van der Waals surface area contributed by atoms with Gasteiger partial charge in [0.1, 0.15) is 5.75 Å². The van der Waals surface area contributed by atoms with Crippen molar-refractivity contribution in [3.8, 4) is 11.8 Å². The number of unbranched alkanes of at least 4 members (excludes halogenated alkanes) is 1. The van der Waals surface area contributed by atoms with Gasteiger partial charge < -0.3 is 15.4 Å². The summed E-state index contributed by atoms with van der Waals surface area (Å²) >= 11 is 2.84. The van der Waals surface area contributed by atoms with Crippen LogP contribution < -0.4 is 15.4 Å². The lowest BCUT2D eigenvalue weighted by Crippen LogP contribution is -2.36. The first-order chi connectivity index (χ1) is 17.3. The number of rotatable bonds is 9. The predicted octanol–water partition coefficient (Wildman–Crippen LogP) is 6.36. The Kier molecular flexibility index (Phi) is 8.22.